The highest BCUT2D eigenvalue weighted by Gasteiger charge is 2.18. The molecule has 0 bridgehead atoms. The molecule has 10 rings (SSSR count). The second kappa shape index (κ2) is 10.7. The van der Waals surface area contributed by atoms with Crippen molar-refractivity contribution in [2.45, 2.75) is 0 Å². The molecular formula is C48H30. The minimum Gasteiger partial charge on any atom is -0.0616 e. The van der Waals surface area contributed by atoms with Crippen molar-refractivity contribution in [1.82, 2.24) is 0 Å². The molecule has 0 fully saturated rings. The van der Waals surface area contributed by atoms with Crippen LogP contribution in [0.1, 0.15) is 11.0 Å². The van der Waals surface area contributed by atoms with E-state index < -0.39 is 24.2 Å². The molecule has 0 aliphatic carbocycles. The van der Waals surface area contributed by atoms with Crippen LogP contribution in [0.25, 0.3) is 98.0 Å². The SMILES string of the molecule is [2H]c1c([2H])c([2H])c2c(-c3cccc4ccccc34)c3c([2H])c([2H])c([2H])c([2H])c3c(-c3ccc(-c4c5ccccc5cc5c4ccc4ccccc45)cc3)c2c1[2H]. The Morgan fingerprint density at radius 1 is 0.292 bits per heavy atom. The zero-order chi connectivity index (χ0) is 38.6. The molecule has 0 saturated carbocycles. The van der Waals surface area contributed by atoms with Gasteiger partial charge in [0, 0.05) is 0 Å². The molecule has 0 aromatic heterocycles. The minimum absolute atomic E-state index is 0.200. The molecule has 0 saturated heterocycles. The number of rotatable bonds is 3. The van der Waals surface area contributed by atoms with Gasteiger partial charge in [-0.25, -0.2) is 0 Å². The second-order valence-electron chi connectivity index (χ2n) is 12.2. The molecule has 222 valence electrons. The fourth-order valence-corrected chi connectivity index (χ4v) is 7.56. The monoisotopic (exact) mass is 614 g/mol. The van der Waals surface area contributed by atoms with Gasteiger partial charge in [0.25, 0.3) is 0 Å². The summed E-state index contributed by atoms with van der Waals surface area (Å²) in [4.78, 5) is 0. The van der Waals surface area contributed by atoms with Gasteiger partial charge in [0.05, 0.1) is 11.0 Å². The Balaban J connectivity index is 1.34. The molecule has 0 N–H and O–H groups in total. The molecule has 0 heterocycles. The van der Waals surface area contributed by atoms with Crippen LogP contribution in [0, 0.1) is 0 Å². The first-order chi connectivity index (χ1) is 27.2. The average Bonchev–Trinajstić information content (AvgIpc) is 3.24. The molecule has 48 heavy (non-hydrogen) atoms. The summed E-state index contributed by atoms with van der Waals surface area (Å²) in [6, 6.07) is 41.6. The summed E-state index contributed by atoms with van der Waals surface area (Å²) < 4.78 is 72.7. The van der Waals surface area contributed by atoms with Gasteiger partial charge in [-0.15, -0.1) is 0 Å². The van der Waals surface area contributed by atoms with Gasteiger partial charge in [0.1, 0.15) is 0 Å². The molecule has 10 aromatic rings. The lowest BCUT2D eigenvalue weighted by Gasteiger charge is -2.19. The van der Waals surface area contributed by atoms with Crippen LogP contribution >= 0.6 is 0 Å². The van der Waals surface area contributed by atoms with Gasteiger partial charge >= 0.3 is 0 Å². The number of fused-ring (bicyclic) bond motifs is 7. The van der Waals surface area contributed by atoms with E-state index in [0.717, 1.165) is 54.2 Å². The molecular weight excluding hydrogens is 577 g/mol. The van der Waals surface area contributed by atoms with E-state index in [1.165, 1.54) is 0 Å². The molecule has 0 aliphatic heterocycles. The summed E-state index contributed by atoms with van der Waals surface area (Å²) in [6.45, 7) is 0. The molecule has 0 aliphatic rings. The first-order valence-electron chi connectivity index (χ1n) is 20.0. The predicted octanol–water partition coefficient (Wildman–Crippen LogP) is 13.6. The van der Waals surface area contributed by atoms with Crippen molar-refractivity contribution in [3.8, 4) is 33.4 Å². The van der Waals surface area contributed by atoms with Gasteiger partial charge in [-0.3, -0.25) is 0 Å². The van der Waals surface area contributed by atoms with Crippen LogP contribution in [0.3, 0.4) is 0 Å². The van der Waals surface area contributed by atoms with Gasteiger partial charge < -0.3 is 0 Å². The molecule has 0 spiro atoms. The Kier molecular flexibility index (Phi) is 4.46. The van der Waals surface area contributed by atoms with Crippen molar-refractivity contribution in [1.29, 1.82) is 0 Å². The molecule has 0 unspecified atom stereocenters. The molecule has 0 nitrogen and oxygen atoms in total. The molecule has 0 amide bonds. The van der Waals surface area contributed by atoms with Gasteiger partial charge in [0.15, 0.2) is 0 Å². The van der Waals surface area contributed by atoms with Crippen molar-refractivity contribution < 1.29 is 11.0 Å². The Bertz CT molecular complexity index is 3250. The summed E-state index contributed by atoms with van der Waals surface area (Å²) >= 11 is 0. The van der Waals surface area contributed by atoms with E-state index in [2.05, 4.69) is 48.5 Å². The third kappa shape index (κ3) is 4.03. The summed E-state index contributed by atoms with van der Waals surface area (Å²) in [7, 11) is 0. The molecule has 0 heteroatoms. The van der Waals surface area contributed by atoms with Gasteiger partial charge in [0.2, 0.25) is 0 Å². The summed E-state index contributed by atoms with van der Waals surface area (Å²) in [5, 5.41) is 9.21. The average molecular weight is 615 g/mol. The molecule has 10 aromatic carbocycles. The van der Waals surface area contributed by atoms with Crippen molar-refractivity contribution in [3.63, 3.8) is 0 Å². The smallest absolute Gasteiger partial charge is 0.0616 e. The lowest BCUT2D eigenvalue weighted by molar-refractivity contribution is 1.65. The third-order valence-electron chi connectivity index (χ3n) is 9.67. The lowest BCUT2D eigenvalue weighted by atomic mass is 9.84. The van der Waals surface area contributed by atoms with E-state index in [0.29, 0.717) is 22.3 Å². The Hall–Kier alpha value is -6.24. The standard InChI is InChI=1S/C48H30/c1-4-16-36-31(12-1)15-11-23-39(36)48-42-21-9-7-19-40(42)47(41-20-8-10-22-43(41)48)34-26-24-33(25-27-34)46-38-18-6-3-14-35(38)30-45-37-17-5-2-13-32(37)28-29-44(45)46/h1-30H/i7D,8D,9D,10D,19D,20D,21D,22D. The van der Waals surface area contributed by atoms with E-state index >= 15 is 0 Å². The predicted molar refractivity (Wildman–Crippen MR) is 208 cm³/mol. The fraction of sp³-hybridized carbons (Fsp3) is 0. The van der Waals surface area contributed by atoms with Crippen LogP contribution in [0.5, 0.6) is 0 Å². The summed E-state index contributed by atoms with van der Waals surface area (Å²) in [5.74, 6) is 0. The highest BCUT2D eigenvalue weighted by Crippen LogP contribution is 2.46. The third-order valence-corrected chi connectivity index (χ3v) is 9.67. The van der Waals surface area contributed by atoms with Crippen molar-refractivity contribution in [2.24, 2.45) is 0 Å². The van der Waals surface area contributed by atoms with E-state index in [1.54, 1.807) is 0 Å². The first-order valence-corrected chi connectivity index (χ1v) is 16.0. The number of hydrogen-bond donors (Lipinski definition) is 0. The number of benzene rings is 10. The van der Waals surface area contributed by atoms with Crippen LogP contribution in [-0.4, -0.2) is 0 Å². The fourth-order valence-electron chi connectivity index (χ4n) is 7.56. The largest absolute Gasteiger partial charge is 0.0629 e. The highest BCUT2D eigenvalue weighted by atomic mass is 14.2. The zero-order valence-electron chi connectivity index (χ0n) is 33.7. The maximum atomic E-state index is 9.37. The lowest BCUT2D eigenvalue weighted by Crippen LogP contribution is -1.92. The van der Waals surface area contributed by atoms with E-state index in [4.69, 9.17) is 5.48 Å². The van der Waals surface area contributed by atoms with Gasteiger partial charge in [-0.05, 0) is 104 Å². The first kappa shape index (κ1) is 20.1. The maximum Gasteiger partial charge on any atom is 0.0629 e. The van der Waals surface area contributed by atoms with E-state index in [9.17, 15) is 5.48 Å². The van der Waals surface area contributed by atoms with Crippen LogP contribution in [0.15, 0.2) is 182 Å². The quantitative estimate of drug-likeness (QED) is 0.137. The maximum absolute atomic E-state index is 9.37. The normalized spacial score (nSPS) is 14.1. The van der Waals surface area contributed by atoms with Gasteiger partial charge in [-0.1, -0.05) is 176 Å². The highest BCUT2D eigenvalue weighted by molar-refractivity contribution is 6.24. The second-order valence-corrected chi connectivity index (χ2v) is 12.2. The van der Waals surface area contributed by atoms with Crippen molar-refractivity contribution in [3.05, 3.63) is 182 Å². The van der Waals surface area contributed by atoms with Crippen LogP contribution in [0.2, 0.25) is 0 Å². The van der Waals surface area contributed by atoms with Crippen molar-refractivity contribution in [2.75, 3.05) is 0 Å². The van der Waals surface area contributed by atoms with Crippen molar-refractivity contribution >= 4 is 64.6 Å². The minimum atomic E-state index is -0.418. The van der Waals surface area contributed by atoms with E-state index in [1.807, 2.05) is 84.9 Å². The van der Waals surface area contributed by atoms with Crippen LogP contribution in [0.4, 0.5) is 0 Å². The van der Waals surface area contributed by atoms with Gasteiger partial charge in [-0.2, -0.15) is 0 Å². The summed E-state index contributed by atoms with van der Waals surface area (Å²) in [6.07, 6.45) is 0. The van der Waals surface area contributed by atoms with E-state index in [-0.39, 0.29) is 45.7 Å². The molecule has 0 radical (unpaired) electrons. The molecule has 0 atom stereocenters. The Morgan fingerprint density at radius 3 is 1.42 bits per heavy atom. The Labute approximate surface area is 290 Å². The topological polar surface area (TPSA) is 0 Å². The number of hydrogen-bond acceptors (Lipinski definition) is 0. The zero-order valence-corrected chi connectivity index (χ0v) is 25.7. The Morgan fingerprint density at radius 2 is 0.771 bits per heavy atom. The van der Waals surface area contributed by atoms with Crippen LogP contribution in [-0.2, 0) is 0 Å². The summed E-state index contributed by atoms with van der Waals surface area (Å²) in [5.41, 5.74) is 3.86. The van der Waals surface area contributed by atoms with Crippen LogP contribution < -0.4 is 0 Å².